The Balaban J connectivity index is 0.000000176. The molecule has 8 aromatic heterocycles. The third kappa shape index (κ3) is 11.7. The van der Waals surface area contributed by atoms with Gasteiger partial charge in [0.2, 0.25) is 0 Å². The summed E-state index contributed by atoms with van der Waals surface area (Å²) in [5.41, 5.74) is 10.2. The predicted molar refractivity (Wildman–Crippen MR) is 248 cm³/mol. The third-order valence-electron chi connectivity index (χ3n) is 9.42. The average Bonchev–Trinajstić information content (AvgIpc) is 4.24. The van der Waals surface area contributed by atoms with Crippen molar-refractivity contribution >= 4 is 34.8 Å². The number of carbonyl (C=O) groups is 3. The maximum Gasteiger partial charge on any atom is 0.342 e. The SMILES string of the molecule is C.C1CCOC1.CCOC(=O)C1=CCNn2cc(-c3cccnc3)nc21.CCOC(=O)c1ccnn2cc(-c3cccnc3)nc12.CCOC(=O)c1ccnn2cc(-c3cccnc3)nc12.[2H][2H]. The fourth-order valence-corrected chi connectivity index (χ4v) is 6.41. The zero-order valence-corrected chi connectivity index (χ0v) is 36.0. The number of imidazole rings is 3. The summed E-state index contributed by atoms with van der Waals surface area (Å²) >= 11 is 0. The third-order valence-corrected chi connectivity index (χ3v) is 9.42. The summed E-state index contributed by atoms with van der Waals surface area (Å²) < 4.78 is 34.9. The topological polar surface area (TPSA) is 217 Å². The van der Waals surface area contributed by atoms with Crippen molar-refractivity contribution in [3.8, 4) is 33.8 Å². The lowest BCUT2D eigenvalue weighted by Gasteiger charge is -2.15. The van der Waals surface area contributed by atoms with Crippen LogP contribution in [0.5, 0.6) is 0 Å². The molecule has 0 aliphatic carbocycles. The Kier molecular flexibility index (Phi) is 16.3. The lowest BCUT2D eigenvalue weighted by Crippen LogP contribution is -2.24. The fourth-order valence-electron chi connectivity index (χ4n) is 6.41. The molecule has 1 saturated heterocycles. The van der Waals surface area contributed by atoms with Crippen molar-refractivity contribution in [3.63, 3.8) is 0 Å². The summed E-state index contributed by atoms with van der Waals surface area (Å²) in [6.45, 7) is 8.87. The van der Waals surface area contributed by atoms with Gasteiger partial charge in [0, 0.05) is 82.4 Å². The van der Waals surface area contributed by atoms with Crippen molar-refractivity contribution in [2.45, 2.75) is 41.0 Å². The Morgan fingerprint density at radius 2 is 1.09 bits per heavy atom. The number of fused-ring (bicyclic) bond motifs is 3. The predicted octanol–water partition coefficient (Wildman–Crippen LogP) is 7.06. The van der Waals surface area contributed by atoms with E-state index in [0.717, 1.165) is 35.6 Å². The molecule has 0 unspecified atom stereocenters. The maximum atomic E-state index is 11.9. The van der Waals surface area contributed by atoms with Gasteiger partial charge in [-0.05, 0) is 88.2 Å². The smallest absolute Gasteiger partial charge is 0.342 e. The standard InChI is InChI=1S/C14H14N4O2.2C14H12N4O2.C4H8O.CH4.H2/c3*1-2-20-14(19)11-5-7-16-18-9-12(17-13(11)18)10-4-3-6-15-8-10;1-2-4-5-3-1;;/h3-6,8-9,16H,2,7H2,1H3;2*3-9H,2H2,1H3;1-4H2;1H4;1H/i;;;;;1+1D. The number of carbonyl (C=O) groups excluding carboxylic acids is 3. The van der Waals surface area contributed by atoms with Gasteiger partial charge in [0.15, 0.2) is 17.1 Å². The average molecular weight is 899 g/mol. The highest BCUT2D eigenvalue weighted by atomic mass is 16.5. The number of rotatable bonds is 9. The molecule has 0 aromatic carbocycles. The molecule has 0 amide bonds. The number of hydrogen-bond acceptors (Lipinski definition) is 16. The van der Waals surface area contributed by atoms with Crippen LogP contribution in [0.2, 0.25) is 0 Å². The normalized spacial score (nSPS) is 12.4. The minimum Gasteiger partial charge on any atom is -0.462 e. The second kappa shape index (κ2) is 23.5. The lowest BCUT2D eigenvalue weighted by atomic mass is 10.2. The first-order chi connectivity index (χ1) is 32.9. The van der Waals surface area contributed by atoms with Crippen molar-refractivity contribution in [1.29, 1.82) is 0 Å². The number of aromatic nitrogens is 11. The molecule has 8 aromatic rings. The highest BCUT2D eigenvalue weighted by molar-refractivity contribution is 6.15. The van der Waals surface area contributed by atoms with Crippen LogP contribution < -0.4 is 5.43 Å². The van der Waals surface area contributed by atoms with E-state index >= 15 is 0 Å². The van der Waals surface area contributed by atoms with Crippen molar-refractivity contribution in [2.75, 3.05) is 45.0 Å². The van der Waals surface area contributed by atoms with Crippen LogP contribution in [0.4, 0.5) is 0 Å². The van der Waals surface area contributed by atoms with Gasteiger partial charge in [0.1, 0.15) is 16.7 Å². The largest absolute Gasteiger partial charge is 0.462 e. The molecule has 19 heteroatoms. The number of nitrogens with one attached hydrogen (secondary N) is 1. The zero-order valence-electron chi connectivity index (χ0n) is 38.0. The Morgan fingerprint density at radius 1 is 0.636 bits per heavy atom. The number of pyridine rings is 3. The van der Waals surface area contributed by atoms with Gasteiger partial charge < -0.3 is 24.4 Å². The van der Waals surface area contributed by atoms with Gasteiger partial charge in [-0.1, -0.05) is 7.43 Å². The molecular weight excluding hydrogens is 845 g/mol. The van der Waals surface area contributed by atoms with Gasteiger partial charge in [-0.25, -0.2) is 43.0 Å². The van der Waals surface area contributed by atoms with Crippen LogP contribution >= 0.6 is 0 Å². The van der Waals surface area contributed by atoms with Crippen LogP contribution in [-0.2, 0) is 23.7 Å². The fraction of sp³-hybridized carbons (Fsp3) is 0.255. The molecule has 10 heterocycles. The zero-order chi connectivity index (χ0) is 47.4. The van der Waals surface area contributed by atoms with Gasteiger partial charge in [0.05, 0.1) is 62.0 Å². The van der Waals surface area contributed by atoms with Crippen LogP contribution in [0.1, 0.15) is 70.5 Å². The molecule has 19 nitrogen and oxygen atoms in total. The first kappa shape index (κ1) is 45.8. The van der Waals surface area contributed by atoms with Crippen LogP contribution in [-0.4, -0.2) is 111 Å². The molecular formula is C47H52N12O7. The van der Waals surface area contributed by atoms with Crippen molar-refractivity contribution < 1.29 is 36.3 Å². The lowest BCUT2D eigenvalue weighted by molar-refractivity contribution is -0.136. The minimum absolute atomic E-state index is 0. The Hall–Kier alpha value is -8.19. The number of esters is 3. The Morgan fingerprint density at radius 3 is 1.50 bits per heavy atom. The molecule has 10 rings (SSSR count). The minimum atomic E-state index is -0.400. The van der Waals surface area contributed by atoms with Gasteiger partial charge in [0.25, 0.3) is 0 Å². The van der Waals surface area contributed by atoms with Crippen molar-refractivity contribution in [2.24, 2.45) is 0 Å². The van der Waals surface area contributed by atoms with Crippen molar-refractivity contribution in [3.05, 3.63) is 140 Å². The van der Waals surface area contributed by atoms with Gasteiger partial charge >= 0.3 is 17.9 Å². The molecule has 2 aliphatic rings. The van der Waals surface area contributed by atoms with E-state index in [4.69, 9.17) is 21.9 Å². The monoisotopic (exact) mass is 898 g/mol. The van der Waals surface area contributed by atoms with E-state index in [-0.39, 0.29) is 13.4 Å². The first-order valence-electron chi connectivity index (χ1n) is 21.9. The van der Waals surface area contributed by atoms with E-state index in [2.05, 4.69) is 45.5 Å². The van der Waals surface area contributed by atoms with Crippen molar-refractivity contribution in [1.82, 2.24) is 53.8 Å². The molecule has 1 N–H and O–H groups in total. The second-order valence-corrected chi connectivity index (χ2v) is 13.8. The molecule has 0 atom stereocenters. The summed E-state index contributed by atoms with van der Waals surface area (Å²) in [5.74, 6) is -0.585. The Labute approximate surface area is 383 Å². The summed E-state index contributed by atoms with van der Waals surface area (Å²) in [4.78, 5) is 61.3. The number of nitrogens with zero attached hydrogens (tertiary/aromatic N) is 11. The first-order valence-corrected chi connectivity index (χ1v) is 20.9. The van der Waals surface area contributed by atoms with Crippen LogP contribution in [0.3, 0.4) is 0 Å². The van der Waals surface area contributed by atoms with Gasteiger partial charge in [-0.15, -0.1) is 0 Å². The maximum absolute atomic E-state index is 11.9. The summed E-state index contributed by atoms with van der Waals surface area (Å²) in [7, 11) is 0. The van der Waals surface area contributed by atoms with E-state index in [0.29, 0.717) is 71.6 Å². The Bertz CT molecular complexity index is 2730. The number of ether oxygens (including phenoxy) is 4. The van der Waals surface area contributed by atoms with Crippen LogP contribution in [0.25, 0.3) is 50.6 Å². The molecule has 342 valence electrons. The molecule has 1 fully saturated rings. The van der Waals surface area contributed by atoms with E-state index in [9.17, 15) is 14.4 Å². The summed E-state index contributed by atoms with van der Waals surface area (Å²) in [6.07, 6.45) is 23.1. The quantitative estimate of drug-likeness (QED) is 0.113. The van der Waals surface area contributed by atoms with E-state index in [1.165, 1.54) is 12.8 Å². The van der Waals surface area contributed by atoms with E-state index < -0.39 is 11.9 Å². The highest BCUT2D eigenvalue weighted by Gasteiger charge is 2.23. The molecule has 0 radical (unpaired) electrons. The van der Waals surface area contributed by atoms with Gasteiger partial charge in [-0.2, -0.15) is 10.2 Å². The molecule has 2 aliphatic heterocycles. The van der Waals surface area contributed by atoms with E-state index in [1.54, 1.807) is 115 Å². The molecule has 66 heavy (non-hydrogen) atoms. The molecule has 0 bridgehead atoms. The van der Waals surface area contributed by atoms with E-state index in [1.807, 2.05) is 42.6 Å². The second-order valence-electron chi connectivity index (χ2n) is 13.8. The molecule has 0 saturated carbocycles. The highest BCUT2D eigenvalue weighted by Crippen LogP contribution is 2.24. The molecule has 0 spiro atoms. The summed E-state index contributed by atoms with van der Waals surface area (Å²) in [6, 6.07) is 14.5. The number of hydrogen-bond donors (Lipinski definition) is 1. The van der Waals surface area contributed by atoms with Gasteiger partial charge in [-0.3, -0.25) is 15.0 Å². The van der Waals surface area contributed by atoms with Crippen LogP contribution in [0.15, 0.2) is 123 Å². The summed E-state index contributed by atoms with van der Waals surface area (Å²) in [5, 5.41) is 8.31. The van der Waals surface area contributed by atoms with Crippen LogP contribution in [0, 0.1) is 0 Å².